The first kappa shape index (κ1) is 35.8. The van der Waals surface area contributed by atoms with Crippen molar-refractivity contribution in [1.29, 1.82) is 0 Å². The summed E-state index contributed by atoms with van der Waals surface area (Å²) in [7, 11) is 0. The first-order valence-electron chi connectivity index (χ1n) is 17.4. The summed E-state index contributed by atoms with van der Waals surface area (Å²) in [5.74, 6) is -2.96. The predicted molar refractivity (Wildman–Crippen MR) is 172 cm³/mol. The van der Waals surface area contributed by atoms with E-state index >= 15 is 0 Å². The molecule has 0 aromatic carbocycles. The van der Waals surface area contributed by atoms with Crippen molar-refractivity contribution < 1.29 is 39.2 Å². The number of ketones is 1. The number of unbranched alkanes of at least 4 members (excludes halogenated alkanes) is 8. The van der Waals surface area contributed by atoms with Gasteiger partial charge < -0.3 is 24.8 Å². The Labute approximate surface area is 270 Å². The SMILES string of the molecule is CCCCCCCCCCCC(=O)O[C@@]12C[C@@H](C)[C@]34C=C(C)[C@H](OC(=O)C(C)(C)C)[C@@]3(O)[C@H](O)C(CO)=C[C@@H](C4=O)[C@@H]1C2(C)C. The Bertz CT molecular complexity index is 1210. The summed E-state index contributed by atoms with van der Waals surface area (Å²) in [6.07, 6.45) is 11.2. The molecular formula is C37H58O8. The van der Waals surface area contributed by atoms with Crippen LogP contribution in [0.2, 0.25) is 0 Å². The van der Waals surface area contributed by atoms with Crippen LogP contribution in [0.25, 0.3) is 0 Å². The van der Waals surface area contributed by atoms with Crippen LogP contribution in [-0.2, 0) is 23.9 Å². The Morgan fingerprint density at radius 1 is 1.02 bits per heavy atom. The molecule has 0 heterocycles. The molecule has 0 amide bonds. The van der Waals surface area contributed by atoms with Gasteiger partial charge in [-0.15, -0.1) is 0 Å². The Balaban J connectivity index is 1.60. The number of aliphatic hydroxyl groups excluding tert-OH is 2. The summed E-state index contributed by atoms with van der Waals surface area (Å²) in [6.45, 7) is 14.3. The van der Waals surface area contributed by atoms with Crippen LogP contribution in [-0.4, -0.2) is 63.1 Å². The van der Waals surface area contributed by atoms with E-state index in [4.69, 9.17) is 9.47 Å². The van der Waals surface area contributed by atoms with Crippen molar-refractivity contribution in [3.05, 3.63) is 23.3 Å². The van der Waals surface area contributed by atoms with Crippen LogP contribution >= 0.6 is 0 Å². The molecule has 0 aromatic heterocycles. The highest BCUT2D eigenvalue weighted by molar-refractivity contribution is 5.96. The van der Waals surface area contributed by atoms with Crippen molar-refractivity contribution in [3.8, 4) is 0 Å². The molecule has 1 spiro atoms. The second-order valence-corrected chi connectivity index (χ2v) is 16.1. The molecule has 0 unspecified atom stereocenters. The zero-order valence-corrected chi connectivity index (χ0v) is 28.9. The first-order chi connectivity index (χ1) is 21.0. The van der Waals surface area contributed by atoms with Crippen molar-refractivity contribution in [2.75, 3.05) is 6.61 Å². The Morgan fingerprint density at radius 2 is 1.60 bits per heavy atom. The third-order valence-corrected chi connectivity index (χ3v) is 11.6. The minimum Gasteiger partial charge on any atom is -0.458 e. The van der Waals surface area contributed by atoms with E-state index in [1.807, 2.05) is 20.8 Å². The molecule has 0 radical (unpaired) electrons. The van der Waals surface area contributed by atoms with Gasteiger partial charge in [0.2, 0.25) is 0 Å². The van der Waals surface area contributed by atoms with Crippen molar-refractivity contribution in [3.63, 3.8) is 0 Å². The molecule has 2 saturated carbocycles. The summed E-state index contributed by atoms with van der Waals surface area (Å²) in [4.78, 5) is 41.3. The fourth-order valence-corrected chi connectivity index (χ4v) is 9.01. The normalized spacial score (nSPS) is 36.6. The maximum atomic E-state index is 14.8. The molecule has 8 atom stereocenters. The summed E-state index contributed by atoms with van der Waals surface area (Å²) < 4.78 is 12.3. The van der Waals surface area contributed by atoms with Gasteiger partial charge in [-0.3, -0.25) is 14.4 Å². The first-order valence-corrected chi connectivity index (χ1v) is 17.4. The van der Waals surface area contributed by atoms with Gasteiger partial charge in [0.05, 0.1) is 17.4 Å². The fourth-order valence-electron chi connectivity index (χ4n) is 9.01. The molecule has 254 valence electrons. The maximum Gasteiger partial charge on any atom is 0.311 e. The molecular weight excluding hydrogens is 572 g/mol. The maximum absolute atomic E-state index is 14.8. The number of carbonyl (C=O) groups excluding carboxylic acids is 3. The number of fused-ring (bicyclic) bond motifs is 3. The summed E-state index contributed by atoms with van der Waals surface area (Å²) in [5, 5.41) is 34.8. The minimum atomic E-state index is -2.25. The molecule has 0 saturated heterocycles. The van der Waals surface area contributed by atoms with E-state index < -0.39 is 70.0 Å². The van der Waals surface area contributed by atoms with E-state index in [0.29, 0.717) is 18.4 Å². The predicted octanol–water partition coefficient (Wildman–Crippen LogP) is 6.00. The van der Waals surface area contributed by atoms with Gasteiger partial charge in [0.15, 0.2) is 17.5 Å². The van der Waals surface area contributed by atoms with E-state index in [9.17, 15) is 29.7 Å². The van der Waals surface area contributed by atoms with E-state index in [0.717, 1.165) is 19.3 Å². The average Bonchev–Trinajstić information content (AvgIpc) is 3.35. The van der Waals surface area contributed by atoms with Crippen molar-refractivity contribution in [2.24, 2.45) is 34.0 Å². The molecule has 2 fully saturated rings. The molecule has 0 aliphatic heterocycles. The lowest BCUT2D eigenvalue weighted by molar-refractivity contribution is -0.208. The molecule has 0 aromatic rings. The van der Waals surface area contributed by atoms with Crippen molar-refractivity contribution in [1.82, 2.24) is 0 Å². The number of hydrogen-bond donors (Lipinski definition) is 3. The van der Waals surface area contributed by atoms with Crippen molar-refractivity contribution in [2.45, 2.75) is 149 Å². The van der Waals surface area contributed by atoms with E-state index in [-0.39, 0.29) is 17.3 Å². The minimum absolute atomic E-state index is 0.101. The number of aliphatic hydroxyl groups is 3. The highest BCUT2D eigenvalue weighted by Gasteiger charge is 2.83. The molecule has 4 rings (SSSR count). The van der Waals surface area contributed by atoms with E-state index in [2.05, 4.69) is 6.92 Å². The smallest absolute Gasteiger partial charge is 0.311 e. The molecule has 45 heavy (non-hydrogen) atoms. The monoisotopic (exact) mass is 630 g/mol. The number of hydrogen-bond acceptors (Lipinski definition) is 8. The van der Waals surface area contributed by atoms with Gasteiger partial charge in [-0.1, -0.05) is 91.2 Å². The number of ether oxygens (including phenoxy) is 2. The molecule has 4 aliphatic rings. The standard InChI is InChI=1S/C37H58O8/c1-9-10-11-12-13-14-15-16-17-18-27(39)45-36-21-24(3)35-20-23(2)31(44-32(42)33(4,5)6)37(35,43)29(40)25(22-38)19-26(30(35)41)28(36)34(36,7)8/h19-20,24,26,28-29,31,38,40,43H,9-18,21-22H2,1-8H3/t24-,26-,28-,29-,31+,35+,36+,37+/m1/s1. The van der Waals surface area contributed by atoms with Gasteiger partial charge >= 0.3 is 11.9 Å². The summed E-state index contributed by atoms with van der Waals surface area (Å²) in [5.41, 5.74) is -5.69. The Morgan fingerprint density at radius 3 is 2.16 bits per heavy atom. The third-order valence-electron chi connectivity index (χ3n) is 11.6. The van der Waals surface area contributed by atoms with E-state index in [1.54, 1.807) is 39.8 Å². The van der Waals surface area contributed by atoms with Gasteiger partial charge in [0.25, 0.3) is 0 Å². The van der Waals surface area contributed by atoms with E-state index in [1.165, 1.54) is 38.5 Å². The molecule has 8 nitrogen and oxygen atoms in total. The number of Topliss-reactive ketones (excluding diaryl/α,β-unsaturated/α-hetero) is 1. The molecule has 3 N–H and O–H groups in total. The van der Waals surface area contributed by atoms with Gasteiger partial charge in [-0.05, 0) is 57.6 Å². The quantitative estimate of drug-likeness (QED) is 0.128. The second kappa shape index (κ2) is 12.9. The lowest BCUT2D eigenvalue weighted by atomic mass is 9.59. The zero-order valence-electron chi connectivity index (χ0n) is 28.9. The van der Waals surface area contributed by atoms with Crippen LogP contribution in [0.15, 0.2) is 23.3 Å². The number of allylic oxidation sites excluding steroid dienone is 1. The Hall–Kier alpha value is -2.03. The average molecular weight is 631 g/mol. The molecule has 8 heteroatoms. The van der Waals surface area contributed by atoms with Gasteiger partial charge in [0.1, 0.15) is 11.7 Å². The van der Waals surface area contributed by atoms with Gasteiger partial charge in [0, 0.05) is 23.7 Å². The number of rotatable bonds is 13. The second-order valence-electron chi connectivity index (χ2n) is 16.1. The number of carbonyl (C=O) groups is 3. The van der Waals surface area contributed by atoms with Crippen LogP contribution in [0.4, 0.5) is 0 Å². The fraction of sp³-hybridized carbons (Fsp3) is 0.811. The van der Waals surface area contributed by atoms with Crippen molar-refractivity contribution >= 4 is 17.7 Å². The number of esters is 2. The highest BCUT2D eigenvalue weighted by atomic mass is 16.6. The van der Waals surface area contributed by atoms with Crippen LogP contribution in [0.3, 0.4) is 0 Å². The summed E-state index contributed by atoms with van der Waals surface area (Å²) in [6, 6.07) is 0. The summed E-state index contributed by atoms with van der Waals surface area (Å²) >= 11 is 0. The van der Waals surface area contributed by atoms with Crippen LogP contribution in [0.1, 0.15) is 126 Å². The van der Waals surface area contributed by atoms with Gasteiger partial charge in [-0.25, -0.2) is 0 Å². The van der Waals surface area contributed by atoms with Crippen LogP contribution in [0.5, 0.6) is 0 Å². The zero-order chi connectivity index (χ0) is 33.6. The topological polar surface area (TPSA) is 130 Å². The molecule has 2 bridgehead atoms. The third kappa shape index (κ3) is 5.75. The molecule has 4 aliphatic carbocycles. The highest BCUT2D eigenvalue weighted by Crippen LogP contribution is 2.75. The van der Waals surface area contributed by atoms with Crippen LogP contribution in [0, 0.1) is 34.0 Å². The lowest BCUT2D eigenvalue weighted by Crippen LogP contribution is -2.66. The van der Waals surface area contributed by atoms with Gasteiger partial charge in [-0.2, -0.15) is 0 Å². The largest absolute Gasteiger partial charge is 0.458 e. The lowest BCUT2D eigenvalue weighted by Gasteiger charge is -2.49. The van der Waals surface area contributed by atoms with Crippen LogP contribution < -0.4 is 0 Å². The Kier molecular flexibility index (Phi) is 10.2.